The molecule has 2 heterocycles. The maximum atomic E-state index is 13.5. The van der Waals surface area contributed by atoms with E-state index in [1.807, 2.05) is 34.1 Å². The molecule has 1 aliphatic rings. The predicted molar refractivity (Wildman–Crippen MR) is 133 cm³/mol. The van der Waals surface area contributed by atoms with E-state index in [4.69, 9.17) is 20.6 Å². The van der Waals surface area contributed by atoms with E-state index >= 15 is 0 Å². The number of methoxy groups -OCH3 is 1. The van der Waals surface area contributed by atoms with Crippen LogP contribution in [0.15, 0.2) is 35.7 Å². The summed E-state index contributed by atoms with van der Waals surface area (Å²) >= 11 is 1.73. The first kappa shape index (κ1) is 26.0. The molecule has 1 aromatic carbocycles. The van der Waals surface area contributed by atoms with Crippen LogP contribution < -0.4 is 9.47 Å². The first-order valence-electron chi connectivity index (χ1n) is 11.6. The van der Waals surface area contributed by atoms with Crippen LogP contribution in [0, 0.1) is 12.3 Å². The zero-order valence-electron chi connectivity index (χ0n) is 19.9. The Balaban J connectivity index is 1.68. The highest BCUT2D eigenvalue weighted by atomic mass is 32.1. The Morgan fingerprint density at radius 1 is 1.38 bits per heavy atom. The minimum absolute atomic E-state index is 0.0290. The van der Waals surface area contributed by atoms with Crippen LogP contribution in [0.3, 0.4) is 0 Å². The van der Waals surface area contributed by atoms with Gasteiger partial charge in [0.2, 0.25) is 5.91 Å². The molecule has 184 valence electrons. The monoisotopic (exact) mass is 486 g/mol. The average molecular weight is 487 g/mol. The lowest BCUT2D eigenvalue weighted by molar-refractivity contribution is -0.136. The van der Waals surface area contributed by atoms with Crippen molar-refractivity contribution in [2.45, 2.75) is 31.9 Å². The van der Waals surface area contributed by atoms with Crippen LogP contribution in [0.4, 0.5) is 0 Å². The summed E-state index contributed by atoms with van der Waals surface area (Å²) in [5.74, 6) is 3.85. The molecule has 0 bridgehead atoms. The lowest BCUT2D eigenvalue weighted by atomic mass is 10.0. The van der Waals surface area contributed by atoms with Crippen LogP contribution in [0.2, 0.25) is 0 Å². The van der Waals surface area contributed by atoms with Crippen molar-refractivity contribution in [3.63, 3.8) is 0 Å². The van der Waals surface area contributed by atoms with Crippen molar-refractivity contribution in [1.82, 2.24) is 9.80 Å². The summed E-state index contributed by atoms with van der Waals surface area (Å²) in [5, 5.41) is 12.4. The fraction of sp³-hybridized carbons (Fsp3) is 0.500. The molecule has 1 amide bonds. The van der Waals surface area contributed by atoms with E-state index in [0.29, 0.717) is 32.0 Å². The minimum Gasteiger partial charge on any atom is -0.497 e. The molecule has 3 rings (SSSR count). The van der Waals surface area contributed by atoms with Gasteiger partial charge >= 0.3 is 0 Å². The van der Waals surface area contributed by atoms with Gasteiger partial charge in [-0.25, -0.2) is 0 Å². The summed E-state index contributed by atoms with van der Waals surface area (Å²) in [6, 6.07) is 9.41. The molecule has 0 saturated carbocycles. The molecule has 8 heteroatoms. The fourth-order valence-corrected chi connectivity index (χ4v) is 5.11. The van der Waals surface area contributed by atoms with E-state index in [9.17, 15) is 9.90 Å². The molecule has 0 saturated heterocycles. The molecule has 0 aliphatic carbocycles. The third-order valence-corrected chi connectivity index (χ3v) is 6.72. The first-order chi connectivity index (χ1) is 16.5. The highest BCUT2D eigenvalue weighted by Gasteiger charge is 2.33. The standard InChI is InChI=1S/C26H34N2O5S/c1-4-11-27(16-20(29)18-32-13-5-2)17-26(30)28-12-9-25-23(10-14-34-25)24(28)19-33-22-8-6-7-21(15-22)31-3/h2,6-8,10,14-15,20,24,29H,4,9,11-13,16-19H2,1,3H3. The Labute approximate surface area is 206 Å². The van der Waals surface area contributed by atoms with Crippen molar-refractivity contribution in [2.24, 2.45) is 0 Å². The topological polar surface area (TPSA) is 71.5 Å². The molecule has 1 aliphatic heterocycles. The first-order valence-corrected chi connectivity index (χ1v) is 12.5. The van der Waals surface area contributed by atoms with Crippen LogP contribution in [-0.4, -0.2) is 80.0 Å². The molecule has 2 atom stereocenters. The number of carbonyl (C=O) groups excluding carboxylic acids is 1. The van der Waals surface area contributed by atoms with E-state index in [2.05, 4.69) is 24.3 Å². The second-order valence-corrected chi connectivity index (χ2v) is 9.25. The van der Waals surface area contributed by atoms with Gasteiger partial charge in [-0.15, -0.1) is 17.8 Å². The van der Waals surface area contributed by atoms with Gasteiger partial charge in [0.05, 0.1) is 32.4 Å². The number of ether oxygens (including phenoxy) is 3. The molecule has 0 spiro atoms. The van der Waals surface area contributed by atoms with Gasteiger partial charge in [0, 0.05) is 24.0 Å². The number of aliphatic hydroxyl groups is 1. The van der Waals surface area contributed by atoms with E-state index < -0.39 is 6.10 Å². The van der Waals surface area contributed by atoms with Gasteiger partial charge in [0.1, 0.15) is 24.7 Å². The molecule has 0 radical (unpaired) electrons. The second-order valence-electron chi connectivity index (χ2n) is 8.25. The smallest absolute Gasteiger partial charge is 0.237 e. The van der Waals surface area contributed by atoms with Crippen molar-refractivity contribution in [3.05, 3.63) is 46.2 Å². The number of rotatable bonds is 13. The van der Waals surface area contributed by atoms with Gasteiger partial charge in [-0.2, -0.15) is 0 Å². The number of benzene rings is 1. The maximum Gasteiger partial charge on any atom is 0.237 e. The predicted octanol–water partition coefficient (Wildman–Crippen LogP) is 2.98. The molecule has 34 heavy (non-hydrogen) atoms. The van der Waals surface area contributed by atoms with Gasteiger partial charge in [-0.3, -0.25) is 9.69 Å². The Hall–Kier alpha value is -2.57. The molecule has 1 aromatic heterocycles. The Kier molecular flexibility index (Phi) is 10.2. The molecule has 1 N–H and O–H groups in total. The zero-order chi connectivity index (χ0) is 24.3. The largest absolute Gasteiger partial charge is 0.497 e. The van der Waals surface area contributed by atoms with Gasteiger partial charge in [-0.1, -0.05) is 18.9 Å². The molecule has 2 unspecified atom stereocenters. The van der Waals surface area contributed by atoms with Gasteiger partial charge in [0.25, 0.3) is 0 Å². The molecule has 7 nitrogen and oxygen atoms in total. The van der Waals surface area contributed by atoms with Crippen LogP contribution in [-0.2, 0) is 16.0 Å². The summed E-state index contributed by atoms with van der Waals surface area (Å²) in [5.41, 5.74) is 1.15. The Morgan fingerprint density at radius 2 is 2.21 bits per heavy atom. The number of amides is 1. The third-order valence-electron chi connectivity index (χ3n) is 5.73. The molecule has 2 aromatic rings. The summed E-state index contributed by atoms with van der Waals surface area (Å²) in [6.45, 7) is 4.67. The van der Waals surface area contributed by atoms with Crippen molar-refractivity contribution in [2.75, 3.05) is 53.1 Å². The number of fused-ring (bicyclic) bond motifs is 1. The van der Waals surface area contributed by atoms with Crippen molar-refractivity contribution < 1.29 is 24.1 Å². The summed E-state index contributed by atoms with van der Waals surface area (Å²) in [6.07, 6.45) is 6.21. The number of terminal acetylenes is 1. The van der Waals surface area contributed by atoms with E-state index in [0.717, 1.165) is 24.2 Å². The molecular formula is C26H34N2O5S. The van der Waals surface area contributed by atoms with Crippen LogP contribution >= 0.6 is 11.3 Å². The summed E-state index contributed by atoms with van der Waals surface area (Å²) < 4.78 is 16.7. The lowest BCUT2D eigenvalue weighted by Gasteiger charge is -2.37. The number of thiophene rings is 1. The van der Waals surface area contributed by atoms with Crippen molar-refractivity contribution >= 4 is 17.2 Å². The highest BCUT2D eigenvalue weighted by Crippen LogP contribution is 2.34. The van der Waals surface area contributed by atoms with Crippen LogP contribution in [0.1, 0.15) is 29.8 Å². The summed E-state index contributed by atoms with van der Waals surface area (Å²) in [4.78, 5) is 18.6. The van der Waals surface area contributed by atoms with E-state index in [1.54, 1.807) is 18.4 Å². The van der Waals surface area contributed by atoms with E-state index in [-0.39, 0.29) is 31.7 Å². The normalized spacial score (nSPS) is 16.1. The molecular weight excluding hydrogens is 452 g/mol. The Morgan fingerprint density at radius 3 is 2.97 bits per heavy atom. The number of hydrogen-bond acceptors (Lipinski definition) is 7. The third kappa shape index (κ3) is 7.21. The van der Waals surface area contributed by atoms with Crippen LogP contribution in [0.5, 0.6) is 11.5 Å². The second kappa shape index (κ2) is 13.4. The van der Waals surface area contributed by atoms with Gasteiger partial charge in [-0.05, 0) is 48.5 Å². The number of hydrogen-bond donors (Lipinski definition) is 1. The molecule has 0 fully saturated rings. The van der Waals surface area contributed by atoms with Crippen molar-refractivity contribution in [1.29, 1.82) is 0 Å². The fourth-order valence-electron chi connectivity index (χ4n) is 4.18. The lowest BCUT2D eigenvalue weighted by Crippen LogP contribution is -2.48. The quantitative estimate of drug-likeness (QED) is 0.347. The maximum absolute atomic E-state index is 13.5. The zero-order valence-corrected chi connectivity index (χ0v) is 20.8. The average Bonchev–Trinajstić information content (AvgIpc) is 3.32. The van der Waals surface area contributed by atoms with E-state index in [1.165, 1.54) is 4.88 Å². The Bertz CT molecular complexity index is 957. The summed E-state index contributed by atoms with van der Waals surface area (Å²) in [7, 11) is 1.62. The number of nitrogens with zero attached hydrogens (tertiary/aromatic N) is 2. The SMILES string of the molecule is C#CCOCC(O)CN(CCC)CC(=O)N1CCc2sccc2C1COc1cccc(OC)c1. The minimum atomic E-state index is -0.704. The van der Waals surface area contributed by atoms with Crippen molar-refractivity contribution in [3.8, 4) is 23.8 Å². The number of aliphatic hydroxyl groups excluding tert-OH is 1. The van der Waals surface area contributed by atoms with Crippen LogP contribution in [0.25, 0.3) is 0 Å². The number of carbonyl (C=O) groups is 1. The van der Waals surface area contributed by atoms with Gasteiger partial charge < -0.3 is 24.2 Å². The highest BCUT2D eigenvalue weighted by molar-refractivity contribution is 7.10. The van der Waals surface area contributed by atoms with Gasteiger partial charge in [0.15, 0.2) is 0 Å².